The van der Waals surface area contributed by atoms with Crippen LogP contribution in [0, 0.1) is 5.92 Å². The molecule has 1 saturated heterocycles. The molecule has 2 amide bonds. The van der Waals surface area contributed by atoms with Crippen LogP contribution in [0.1, 0.15) is 37.3 Å². The van der Waals surface area contributed by atoms with Crippen LogP contribution < -0.4 is 5.32 Å². The first kappa shape index (κ1) is 19.9. The second-order valence-electron chi connectivity index (χ2n) is 7.33. The number of nitrogens with zero attached hydrogens (tertiary/aromatic N) is 1. The molecule has 1 fully saturated rings. The van der Waals surface area contributed by atoms with Crippen LogP contribution >= 0.6 is 0 Å². The summed E-state index contributed by atoms with van der Waals surface area (Å²) in [5.41, 5.74) is 2.92. The highest BCUT2D eigenvalue weighted by atomic mass is 16.3. The summed E-state index contributed by atoms with van der Waals surface area (Å²) in [6.07, 6.45) is 3.56. The van der Waals surface area contributed by atoms with Crippen molar-refractivity contribution in [1.82, 2.24) is 4.90 Å². The van der Waals surface area contributed by atoms with E-state index in [1.165, 1.54) is 11.1 Å². The zero-order valence-corrected chi connectivity index (χ0v) is 16.4. The van der Waals surface area contributed by atoms with E-state index >= 15 is 0 Å². The number of aryl methyl sites for hydroxylation is 2. The van der Waals surface area contributed by atoms with Crippen molar-refractivity contribution in [3.63, 3.8) is 0 Å². The van der Waals surface area contributed by atoms with Gasteiger partial charge in [-0.1, -0.05) is 43.3 Å². The van der Waals surface area contributed by atoms with E-state index in [2.05, 4.69) is 36.5 Å². The predicted molar refractivity (Wildman–Crippen MR) is 110 cm³/mol. The third-order valence-electron chi connectivity index (χ3n) is 5.44. The van der Waals surface area contributed by atoms with Crippen LogP contribution in [0.3, 0.4) is 0 Å². The molecule has 0 atom stereocenters. The molecule has 148 valence electrons. The van der Waals surface area contributed by atoms with Gasteiger partial charge in [-0.15, -0.1) is 0 Å². The maximum atomic E-state index is 12.5. The average molecular weight is 380 g/mol. The number of nitrogens with one attached hydrogen (secondary N) is 1. The predicted octanol–water partition coefficient (Wildman–Crippen LogP) is 3.76. The first-order chi connectivity index (χ1) is 13.6. The molecule has 0 unspecified atom stereocenters. The van der Waals surface area contributed by atoms with E-state index in [1.54, 1.807) is 24.3 Å². The van der Waals surface area contributed by atoms with Crippen molar-refractivity contribution < 1.29 is 14.7 Å². The number of para-hydroxylation sites is 2. The molecule has 0 aromatic heterocycles. The number of carbonyl (C=O) groups excluding carboxylic acids is 2. The van der Waals surface area contributed by atoms with Gasteiger partial charge in [0.05, 0.1) is 5.69 Å². The van der Waals surface area contributed by atoms with E-state index in [4.69, 9.17) is 0 Å². The SMILES string of the molecule is CCc1ccc(CCC(=O)N2CCC(C(=O)Nc3ccccc3O)CC2)cc1. The van der Waals surface area contributed by atoms with Gasteiger partial charge in [0.2, 0.25) is 11.8 Å². The highest BCUT2D eigenvalue weighted by Gasteiger charge is 2.27. The van der Waals surface area contributed by atoms with E-state index in [-0.39, 0.29) is 23.5 Å². The molecule has 2 aromatic rings. The highest BCUT2D eigenvalue weighted by Crippen LogP contribution is 2.25. The van der Waals surface area contributed by atoms with Gasteiger partial charge in [0.15, 0.2) is 0 Å². The molecule has 1 aliphatic rings. The lowest BCUT2D eigenvalue weighted by atomic mass is 9.95. The molecular weight excluding hydrogens is 352 g/mol. The maximum Gasteiger partial charge on any atom is 0.227 e. The third kappa shape index (κ3) is 5.12. The molecule has 5 nitrogen and oxygen atoms in total. The summed E-state index contributed by atoms with van der Waals surface area (Å²) in [5.74, 6) is -0.00980. The molecule has 0 bridgehead atoms. The van der Waals surface area contributed by atoms with Gasteiger partial charge in [-0.2, -0.15) is 0 Å². The molecule has 3 rings (SSSR count). The Labute approximate surface area is 166 Å². The van der Waals surface area contributed by atoms with Crippen LogP contribution in [-0.4, -0.2) is 34.9 Å². The van der Waals surface area contributed by atoms with Crippen molar-refractivity contribution in [2.75, 3.05) is 18.4 Å². The largest absolute Gasteiger partial charge is 0.506 e. The van der Waals surface area contributed by atoms with Gasteiger partial charge < -0.3 is 15.3 Å². The molecule has 1 aliphatic heterocycles. The Kier molecular flexibility index (Phi) is 6.69. The van der Waals surface area contributed by atoms with Gasteiger partial charge in [-0.05, 0) is 48.9 Å². The number of aromatic hydroxyl groups is 1. The van der Waals surface area contributed by atoms with Crippen LogP contribution in [-0.2, 0) is 22.4 Å². The quantitative estimate of drug-likeness (QED) is 0.750. The van der Waals surface area contributed by atoms with Crippen LogP contribution in [0.5, 0.6) is 5.75 Å². The fraction of sp³-hybridized carbons (Fsp3) is 0.391. The fourth-order valence-corrected chi connectivity index (χ4v) is 3.56. The Morgan fingerprint density at radius 3 is 2.32 bits per heavy atom. The lowest BCUT2D eigenvalue weighted by molar-refractivity contribution is -0.134. The van der Waals surface area contributed by atoms with Crippen LogP contribution in [0.15, 0.2) is 48.5 Å². The van der Waals surface area contributed by atoms with Crippen molar-refractivity contribution in [3.05, 3.63) is 59.7 Å². The Bertz CT molecular complexity index is 809. The number of rotatable bonds is 6. The van der Waals surface area contributed by atoms with E-state index in [0.29, 0.717) is 38.0 Å². The van der Waals surface area contributed by atoms with E-state index in [1.807, 2.05) is 4.90 Å². The number of benzene rings is 2. The van der Waals surface area contributed by atoms with Gasteiger partial charge in [0.25, 0.3) is 0 Å². The zero-order valence-electron chi connectivity index (χ0n) is 16.4. The lowest BCUT2D eigenvalue weighted by Gasteiger charge is -2.31. The summed E-state index contributed by atoms with van der Waals surface area (Å²) in [4.78, 5) is 26.8. The smallest absolute Gasteiger partial charge is 0.227 e. The molecule has 0 saturated carbocycles. The van der Waals surface area contributed by atoms with Crippen LogP contribution in [0.4, 0.5) is 5.69 Å². The van der Waals surface area contributed by atoms with Crippen molar-refractivity contribution in [2.45, 2.75) is 39.0 Å². The number of hydrogen-bond acceptors (Lipinski definition) is 3. The summed E-state index contributed by atoms with van der Waals surface area (Å²) in [6.45, 7) is 3.34. The number of hydrogen-bond donors (Lipinski definition) is 2. The summed E-state index contributed by atoms with van der Waals surface area (Å²) in [5, 5.41) is 12.6. The Hall–Kier alpha value is -2.82. The van der Waals surface area contributed by atoms with Gasteiger partial charge in [0.1, 0.15) is 5.75 Å². The summed E-state index contributed by atoms with van der Waals surface area (Å²) < 4.78 is 0. The number of piperidine rings is 1. The van der Waals surface area contributed by atoms with Gasteiger partial charge in [-0.3, -0.25) is 9.59 Å². The minimum Gasteiger partial charge on any atom is -0.506 e. The Morgan fingerprint density at radius 2 is 1.68 bits per heavy atom. The number of amides is 2. The summed E-state index contributed by atoms with van der Waals surface area (Å²) in [7, 11) is 0. The highest BCUT2D eigenvalue weighted by molar-refractivity contribution is 5.94. The standard InChI is InChI=1S/C23H28N2O3/c1-2-17-7-9-18(10-8-17)11-12-22(27)25-15-13-19(14-16-25)23(28)24-20-5-3-4-6-21(20)26/h3-10,19,26H,2,11-16H2,1H3,(H,24,28). The Balaban J connectivity index is 1.44. The fourth-order valence-electron chi connectivity index (χ4n) is 3.56. The molecule has 0 aliphatic carbocycles. The molecule has 2 N–H and O–H groups in total. The topological polar surface area (TPSA) is 69.6 Å². The van der Waals surface area contributed by atoms with E-state index in [9.17, 15) is 14.7 Å². The van der Waals surface area contributed by atoms with E-state index < -0.39 is 0 Å². The van der Waals surface area contributed by atoms with Crippen molar-refractivity contribution in [1.29, 1.82) is 0 Å². The molecular formula is C23H28N2O3. The van der Waals surface area contributed by atoms with Gasteiger partial charge in [-0.25, -0.2) is 0 Å². The van der Waals surface area contributed by atoms with E-state index in [0.717, 1.165) is 12.8 Å². The maximum absolute atomic E-state index is 12.5. The first-order valence-electron chi connectivity index (χ1n) is 10.0. The minimum absolute atomic E-state index is 0.0652. The third-order valence-corrected chi connectivity index (χ3v) is 5.44. The summed E-state index contributed by atoms with van der Waals surface area (Å²) in [6, 6.07) is 15.2. The molecule has 5 heteroatoms. The van der Waals surface area contributed by atoms with Crippen molar-refractivity contribution >= 4 is 17.5 Å². The molecule has 0 radical (unpaired) electrons. The molecule has 2 aromatic carbocycles. The number of likely N-dealkylation sites (tertiary alicyclic amines) is 1. The summed E-state index contributed by atoms with van der Waals surface area (Å²) >= 11 is 0. The molecule has 1 heterocycles. The van der Waals surface area contributed by atoms with Crippen molar-refractivity contribution in [3.8, 4) is 5.75 Å². The van der Waals surface area contributed by atoms with Gasteiger partial charge in [0, 0.05) is 25.4 Å². The van der Waals surface area contributed by atoms with Gasteiger partial charge >= 0.3 is 0 Å². The average Bonchev–Trinajstić information content (AvgIpc) is 2.74. The second-order valence-corrected chi connectivity index (χ2v) is 7.33. The monoisotopic (exact) mass is 380 g/mol. The number of phenolic OH excluding ortho intramolecular Hbond substituents is 1. The van der Waals surface area contributed by atoms with Crippen LogP contribution in [0.25, 0.3) is 0 Å². The number of anilines is 1. The number of carbonyl (C=O) groups is 2. The normalized spacial score (nSPS) is 14.7. The lowest BCUT2D eigenvalue weighted by Crippen LogP contribution is -2.41. The Morgan fingerprint density at radius 1 is 1.04 bits per heavy atom. The molecule has 0 spiro atoms. The van der Waals surface area contributed by atoms with Crippen LogP contribution in [0.2, 0.25) is 0 Å². The van der Waals surface area contributed by atoms with Crippen molar-refractivity contribution in [2.24, 2.45) is 5.92 Å². The first-order valence-corrected chi connectivity index (χ1v) is 10.0. The zero-order chi connectivity index (χ0) is 19.9. The second kappa shape index (κ2) is 9.40. The minimum atomic E-state index is -0.134. The number of phenols is 1. The molecule has 28 heavy (non-hydrogen) atoms.